The molecule has 2 rings (SSSR count). The van der Waals surface area contributed by atoms with Gasteiger partial charge >= 0.3 is 0 Å². The number of hydrogen-bond donors (Lipinski definition) is 0. The summed E-state index contributed by atoms with van der Waals surface area (Å²) in [7, 11) is 1.58. The molecule has 0 saturated carbocycles. The van der Waals surface area contributed by atoms with E-state index in [2.05, 4.69) is 0 Å². The molecular weight excluding hydrogens is 345 g/mol. The summed E-state index contributed by atoms with van der Waals surface area (Å²) in [5, 5.41) is 0. The number of methoxy groups -OCH3 is 1. The Labute approximate surface area is 160 Å². The number of nitrogens with zero attached hydrogens (tertiary/aromatic N) is 1. The molecule has 1 amide bonds. The molecule has 2 aromatic carbocycles. The van der Waals surface area contributed by atoms with Gasteiger partial charge in [0.15, 0.2) is 11.5 Å². The smallest absolute Gasteiger partial charge is 0.246 e. The second kappa shape index (κ2) is 9.76. The van der Waals surface area contributed by atoms with Crippen molar-refractivity contribution in [3.05, 3.63) is 65.5 Å². The summed E-state index contributed by atoms with van der Waals surface area (Å²) in [5.74, 6) is 0.841. The Morgan fingerprint density at radius 1 is 1.19 bits per heavy atom. The first-order valence-corrected chi connectivity index (χ1v) is 8.99. The molecule has 0 N–H and O–H groups in total. The third-order valence-electron chi connectivity index (χ3n) is 3.92. The summed E-state index contributed by atoms with van der Waals surface area (Å²) in [4.78, 5) is 14.1. The lowest BCUT2D eigenvalue weighted by Crippen LogP contribution is -2.28. The van der Waals surface area contributed by atoms with Gasteiger partial charge in [-0.1, -0.05) is 18.2 Å². The number of carbonyl (C=O) groups is 1. The van der Waals surface area contributed by atoms with Crippen molar-refractivity contribution in [2.75, 3.05) is 13.7 Å². The molecule has 0 aliphatic carbocycles. The fourth-order valence-corrected chi connectivity index (χ4v) is 2.61. The predicted octanol–water partition coefficient (Wildman–Crippen LogP) is 4.68. The van der Waals surface area contributed by atoms with Crippen LogP contribution in [0.3, 0.4) is 0 Å². The van der Waals surface area contributed by atoms with Crippen molar-refractivity contribution in [1.82, 2.24) is 4.90 Å². The van der Waals surface area contributed by atoms with Gasteiger partial charge in [0.2, 0.25) is 5.91 Å². The van der Waals surface area contributed by atoms with Crippen molar-refractivity contribution in [2.45, 2.75) is 33.4 Å². The molecule has 0 saturated heterocycles. The van der Waals surface area contributed by atoms with Gasteiger partial charge in [0.1, 0.15) is 5.82 Å². The molecule has 0 fully saturated rings. The minimum atomic E-state index is -0.303. The molecule has 0 aliphatic heterocycles. The van der Waals surface area contributed by atoms with Crippen LogP contribution in [0.5, 0.6) is 11.5 Å². The van der Waals surface area contributed by atoms with Crippen LogP contribution >= 0.6 is 0 Å². The van der Waals surface area contributed by atoms with Gasteiger partial charge in [0, 0.05) is 19.2 Å². The standard InChI is InChI=1S/C22H26FNO3/c1-5-24(15-18-7-6-8-19(23)13-18)22(25)12-10-17-9-11-20(27-16(2)3)21(14-17)26-4/h6-14,16H,5,15H2,1-4H3/b12-10+. The second-order valence-corrected chi connectivity index (χ2v) is 6.39. The lowest BCUT2D eigenvalue weighted by Gasteiger charge is -2.19. The fraction of sp³-hybridized carbons (Fsp3) is 0.318. The van der Waals surface area contributed by atoms with E-state index >= 15 is 0 Å². The quantitative estimate of drug-likeness (QED) is 0.632. The highest BCUT2D eigenvalue weighted by atomic mass is 19.1. The van der Waals surface area contributed by atoms with Crippen LogP contribution in [0, 0.1) is 5.82 Å². The van der Waals surface area contributed by atoms with E-state index in [1.165, 1.54) is 18.2 Å². The summed E-state index contributed by atoms with van der Waals surface area (Å²) in [6.07, 6.45) is 3.29. The Hall–Kier alpha value is -2.82. The minimum absolute atomic E-state index is 0.0443. The zero-order valence-electron chi connectivity index (χ0n) is 16.2. The van der Waals surface area contributed by atoms with Crippen molar-refractivity contribution in [3.8, 4) is 11.5 Å². The molecule has 0 unspecified atom stereocenters. The van der Waals surface area contributed by atoms with E-state index in [1.54, 1.807) is 30.2 Å². The number of hydrogen-bond acceptors (Lipinski definition) is 3. The van der Waals surface area contributed by atoms with Crippen LogP contribution in [0.25, 0.3) is 6.08 Å². The maximum Gasteiger partial charge on any atom is 0.246 e. The molecule has 0 aromatic heterocycles. The van der Waals surface area contributed by atoms with Gasteiger partial charge in [-0.15, -0.1) is 0 Å². The summed E-state index contributed by atoms with van der Waals surface area (Å²) < 4.78 is 24.4. The number of likely N-dealkylation sites (N-methyl/N-ethyl adjacent to an activating group) is 1. The van der Waals surface area contributed by atoms with Gasteiger partial charge in [0.05, 0.1) is 13.2 Å². The van der Waals surface area contributed by atoms with Gasteiger partial charge in [-0.2, -0.15) is 0 Å². The number of carbonyl (C=O) groups excluding carboxylic acids is 1. The second-order valence-electron chi connectivity index (χ2n) is 6.39. The molecule has 0 atom stereocenters. The highest BCUT2D eigenvalue weighted by Gasteiger charge is 2.10. The van der Waals surface area contributed by atoms with E-state index in [0.717, 1.165) is 11.1 Å². The van der Waals surface area contributed by atoms with E-state index < -0.39 is 0 Å². The monoisotopic (exact) mass is 371 g/mol. The van der Waals surface area contributed by atoms with Crippen LogP contribution in [-0.4, -0.2) is 30.6 Å². The van der Waals surface area contributed by atoms with Gasteiger partial charge in [-0.25, -0.2) is 4.39 Å². The molecular formula is C22H26FNO3. The van der Waals surface area contributed by atoms with Crippen LogP contribution in [0.4, 0.5) is 4.39 Å². The predicted molar refractivity (Wildman–Crippen MR) is 105 cm³/mol. The number of rotatable bonds is 8. The van der Waals surface area contributed by atoms with E-state index in [4.69, 9.17) is 9.47 Å². The molecule has 0 aliphatic rings. The molecule has 0 bridgehead atoms. The van der Waals surface area contributed by atoms with Crippen LogP contribution in [0.15, 0.2) is 48.5 Å². The maximum absolute atomic E-state index is 13.3. The Kier molecular flexibility index (Phi) is 7.41. The van der Waals surface area contributed by atoms with Crippen LogP contribution in [-0.2, 0) is 11.3 Å². The Morgan fingerprint density at radius 2 is 1.96 bits per heavy atom. The molecule has 0 heterocycles. The highest BCUT2D eigenvalue weighted by Crippen LogP contribution is 2.29. The summed E-state index contributed by atoms with van der Waals surface area (Å²) in [5.41, 5.74) is 1.59. The summed E-state index contributed by atoms with van der Waals surface area (Å²) in [6, 6.07) is 11.8. The Bertz CT molecular complexity index is 802. The fourth-order valence-electron chi connectivity index (χ4n) is 2.61. The number of amides is 1. The lowest BCUT2D eigenvalue weighted by molar-refractivity contribution is -0.126. The van der Waals surface area contributed by atoms with Gasteiger partial charge in [-0.05, 0) is 62.2 Å². The summed E-state index contributed by atoms with van der Waals surface area (Å²) >= 11 is 0. The van der Waals surface area contributed by atoms with Gasteiger partial charge in [-0.3, -0.25) is 4.79 Å². The number of ether oxygens (including phenoxy) is 2. The average Bonchev–Trinajstić information content (AvgIpc) is 2.64. The van der Waals surface area contributed by atoms with Crippen molar-refractivity contribution in [2.24, 2.45) is 0 Å². The van der Waals surface area contributed by atoms with Gasteiger partial charge in [0.25, 0.3) is 0 Å². The number of benzene rings is 2. The van der Waals surface area contributed by atoms with Crippen LogP contribution < -0.4 is 9.47 Å². The molecule has 144 valence electrons. The van der Waals surface area contributed by atoms with Gasteiger partial charge < -0.3 is 14.4 Å². The van der Waals surface area contributed by atoms with Crippen LogP contribution in [0.2, 0.25) is 0 Å². The Morgan fingerprint density at radius 3 is 2.59 bits per heavy atom. The minimum Gasteiger partial charge on any atom is -0.493 e. The third kappa shape index (κ3) is 6.13. The third-order valence-corrected chi connectivity index (χ3v) is 3.92. The first kappa shape index (κ1) is 20.5. The molecule has 27 heavy (non-hydrogen) atoms. The normalized spacial score (nSPS) is 11.0. The van der Waals surface area contributed by atoms with E-state index in [9.17, 15) is 9.18 Å². The first-order chi connectivity index (χ1) is 12.9. The molecule has 0 radical (unpaired) electrons. The zero-order valence-corrected chi connectivity index (χ0v) is 16.2. The number of halogens is 1. The van der Waals surface area contributed by atoms with Crippen molar-refractivity contribution in [3.63, 3.8) is 0 Å². The van der Waals surface area contributed by atoms with E-state index in [0.29, 0.717) is 24.6 Å². The van der Waals surface area contributed by atoms with E-state index in [1.807, 2.05) is 39.0 Å². The van der Waals surface area contributed by atoms with Crippen molar-refractivity contribution >= 4 is 12.0 Å². The molecule has 4 nitrogen and oxygen atoms in total. The first-order valence-electron chi connectivity index (χ1n) is 8.99. The highest BCUT2D eigenvalue weighted by molar-refractivity contribution is 5.91. The zero-order chi connectivity index (χ0) is 19.8. The van der Waals surface area contributed by atoms with Crippen molar-refractivity contribution in [1.29, 1.82) is 0 Å². The van der Waals surface area contributed by atoms with Crippen LogP contribution in [0.1, 0.15) is 31.9 Å². The maximum atomic E-state index is 13.3. The molecule has 5 heteroatoms. The van der Waals surface area contributed by atoms with E-state index in [-0.39, 0.29) is 17.8 Å². The molecule has 2 aromatic rings. The average molecular weight is 371 g/mol. The summed E-state index contributed by atoms with van der Waals surface area (Å²) in [6.45, 7) is 6.69. The van der Waals surface area contributed by atoms with Crippen molar-refractivity contribution < 1.29 is 18.7 Å². The largest absolute Gasteiger partial charge is 0.493 e. The Balaban J connectivity index is 2.09. The topological polar surface area (TPSA) is 38.8 Å². The molecule has 0 spiro atoms. The lowest BCUT2D eigenvalue weighted by atomic mass is 10.1. The SMILES string of the molecule is CCN(Cc1cccc(F)c1)C(=O)/C=C/c1ccc(OC(C)C)c(OC)c1.